The van der Waals surface area contributed by atoms with E-state index < -0.39 is 34.8 Å². The average Bonchev–Trinajstić information content (AvgIpc) is 3.27. The third kappa shape index (κ3) is 5.59. The van der Waals surface area contributed by atoms with Gasteiger partial charge in [0.15, 0.2) is 5.82 Å². The van der Waals surface area contributed by atoms with Crippen molar-refractivity contribution < 1.29 is 22.3 Å². The second-order valence-corrected chi connectivity index (χ2v) is 8.96. The van der Waals surface area contributed by atoms with E-state index in [2.05, 4.69) is 14.1 Å². The Bertz CT molecular complexity index is 1370. The minimum Gasteiger partial charge on any atom is -0.345 e. The molecule has 180 valence electrons. The van der Waals surface area contributed by atoms with Gasteiger partial charge >= 0.3 is 0 Å². The summed E-state index contributed by atoms with van der Waals surface area (Å²) in [5, 5.41) is 2.66. The van der Waals surface area contributed by atoms with Crippen molar-refractivity contribution in [3.8, 4) is 0 Å². The molecule has 0 radical (unpaired) electrons. The fourth-order valence-electron chi connectivity index (χ4n) is 3.58. The number of anilines is 2. The first kappa shape index (κ1) is 24.6. The molecule has 0 saturated heterocycles. The largest absolute Gasteiger partial charge is 0.345 e. The van der Waals surface area contributed by atoms with Gasteiger partial charge in [-0.05, 0) is 30.7 Å². The number of nitrogens with zero attached hydrogens (tertiary/aromatic N) is 3. The molecule has 0 aliphatic heterocycles. The van der Waals surface area contributed by atoms with Gasteiger partial charge in [-0.1, -0.05) is 48.5 Å². The molecule has 2 atom stereocenters. The normalized spacial score (nSPS) is 12.7. The molecule has 1 heterocycles. The van der Waals surface area contributed by atoms with E-state index in [1.54, 1.807) is 19.1 Å². The number of hydrogen-bond acceptors (Lipinski definition) is 5. The van der Waals surface area contributed by atoms with Crippen LogP contribution in [0.5, 0.6) is 0 Å². The maximum absolute atomic E-state index is 14.2. The van der Waals surface area contributed by atoms with Crippen LogP contribution in [0.2, 0.25) is 0 Å². The third-order valence-electron chi connectivity index (χ3n) is 5.24. The predicted octanol–water partition coefficient (Wildman–Crippen LogP) is 5.17. The second kappa shape index (κ2) is 10.8. The van der Waals surface area contributed by atoms with Gasteiger partial charge in [0, 0.05) is 18.1 Å². The van der Waals surface area contributed by atoms with Gasteiger partial charge in [0.2, 0.25) is 0 Å². The third-order valence-corrected chi connectivity index (χ3v) is 6.48. The highest BCUT2D eigenvalue weighted by atomic mass is 32.2. The lowest BCUT2D eigenvalue weighted by atomic mass is 10.1. The summed E-state index contributed by atoms with van der Waals surface area (Å²) in [6, 6.07) is 18.0. The van der Waals surface area contributed by atoms with Gasteiger partial charge in [-0.15, -0.1) is 0 Å². The maximum atomic E-state index is 14.2. The fourth-order valence-corrected chi connectivity index (χ4v) is 4.80. The molecule has 3 aromatic carbocycles. The summed E-state index contributed by atoms with van der Waals surface area (Å²) >= 11 is -1.69. The lowest BCUT2D eigenvalue weighted by molar-refractivity contribution is 0.0940. The lowest BCUT2D eigenvalue weighted by Crippen LogP contribution is -2.30. The number of aromatic nitrogens is 2. The molecule has 4 rings (SSSR count). The molecule has 0 bridgehead atoms. The van der Waals surface area contributed by atoms with E-state index in [4.69, 9.17) is 0 Å². The molecule has 0 spiro atoms. The van der Waals surface area contributed by atoms with Gasteiger partial charge < -0.3 is 5.32 Å². The Kier molecular flexibility index (Phi) is 7.59. The summed E-state index contributed by atoms with van der Waals surface area (Å²) < 4.78 is 59.6. The predicted molar refractivity (Wildman–Crippen MR) is 131 cm³/mol. The highest BCUT2D eigenvalue weighted by Gasteiger charge is 2.27. The van der Waals surface area contributed by atoms with E-state index in [9.17, 15) is 22.3 Å². The van der Waals surface area contributed by atoms with Crippen LogP contribution in [0.1, 0.15) is 40.1 Å². The monoisotopic (exact) mass is 514 g/mol. The minimum absolute atomic E-state index is 0.0722. The van der Waals surface area contributed by atoms with Crippen molar-refractivity contribution in [3.63, 3.8) is 0 Å². The Labute approximate surface area is 207 Å². The molecule has 2 N–H and O–H groups in total. The molecule has 1 aromatic heterocycles. The number of amides is 1. The number of para-hydroxylation sites is 1. The summed E-state index contributed by atoms with van der Waals surface area (Å²) in [4.78, 5) is 13.2. The fraction of sp³-hybridized carbons (Fsp3) is 0.125. The molecule has 0 aliphatic rings. The van der Waals surface area contributed by atoms with Crippen LogP contribution >= 0.6 is 11.7 Å². The zero-order chi connectivity index (χ0) is 24.9. The van der Waals surface area contributed by atoms with Crippen molar-refractivity contribution >= 4 is 40.4 Å². The molecule has 0 saturated carbocycles. The average molecular weight is 515 g/mol. The summed E-state index contributed by atoms with van der Waals surface area (Å²) in [7, 11) is 0. The number of halogens is 2. The molecule has 4 aromatic rings. The van der Waals surface area contributed by atoms with Crippen LogP contribution in [0.3, 0.4) is 0 Å². The zero-order valence-electron chi connectivity index (χ0n) is 18.4. The van der Waals surface area contributed by atoms with Gasteiger partial charge in [-0.3, -0.25) is 9.35 Å². The van der Waals surface area contributed by atoms with Crippen molar-refractivity contribution in [2.45, 2.75) is 19.4 Å². The van der Waals surface area contributed by atoms with Crippen LogP contribution < -0.4 is 9.62 Å². The smallest absolute Gasteiger partial charge is 0.268 e. The van der Waals surface area contributed by atoms with E-state index in [1.807, 2.05) is 30.3 Å². The van der Waals surface area contributed by atoms with Crippen LogP contribution in [-0.4, -0.2) is 23.4 Å². The lowest BCUT2D eigenvalue weighted by Gasteiger charge is -2.22. The van der Waals surface area contributed by atoms with E-state index >= 15 is 0 Å². The van der Waals surface area contributed by atoms with Crippen LogP contribution in [0, 0.1) is 11.6 Å². The number of nitrogens with one attached hydrogen (secondary N) is 1. The molecule has 2 unspecified atom stereocenters. The van der Waals surface area contributed by atoms with Gasteiger partial charge in [-0.25, -0.2) is 17.3 Å². The van der Waals surface area contributed by atoms with E-state index in [1.165, 1.54) is 18.2 Å². The zero-order valence-corrected chi connectivity index (χ0v) is 20.0. The molecule has 11 heteroatoms. The van der Waals surface area contributed by atoms with Crippen molar-refractivity contribution in [2.75, 3.05) is 4.31 Å². The number of carbonyl (C=O) groups excluding carboxylic acids is 1. The summed E-state index contributed by atoms with van der Waals surface area (Å²) in [5.41, 5.74) is 1.71. The highest BCUT2D eigenvalue weighted by Crippen LogP contribution is 2.33. The quantitative estimate of drug-likeness (QED) is 0.316. The van der Waals surface area contributed by atoms with Gasteiger partial charge in [0.1, 0.15) is 17.3 Å². The molecule has 7 nitrogen and oxygen atoms in total. The molecular formula is C24H20F2N4O3S2. The van der Waals surface area contributed by atoms with Crippen molar-refractivity contribution in [1.82, 2.24) is 14.1 Å². The molecule has 0 fully saturated rings. The maximum Gasteiger partial charge on any atom is 0.268 e. The van der Waals surface area contributed by atoms with E-state index in [0.29, 0.717) is 12.1 Å². The van der Waals surface area contributed by atoms with Crippen LogP contribution in [-0.2, 0) is 17.7 Å². The Morgan fingerprint density at radius 1 is 1.09 bits per heavy atom. The van der Waals surface area contributed by atoms with Crippen LogP contribution in [0.25, 0.3) is 0 Å². The molecular weight excluding hydrogens is 494 g/mol. The van der Waals surface area contributed by atoms with Crippen molar-refractivity contribution in [3.05, 3.63) is 107 Å². The number of rotatable bonds is 8. The molecule has 1 amide bonds. The Morgan fingerprint density at radius 2 is 1.80 bits per heavy atom. The highest BCUT2D eigenvalue weighted by molar-refractivity contribution is 7.81. The van der Waals surface area contributed by atoms with E-state index in [-0.39, 0.29) is 22.6 Å². The van der Waals surface area contributed by atoms with Crippen molar-refractivity contribution in [1.29, 1.82) is 0 Å². The van der Waals surface area contributed by atoms with Gasteiger partial charge in [0.25, 0.3) is 17.2 Å². The standard InChI is InChI=1S/C24H20F2N4O3S2/c1-15(18-12-11-17(25)14-20(18)26)27-24(31)19-9-5-6-10-22(19)30(35(32)33)23-21(28-34-29-23)13-16-7-3-2-4-8-16/h2-12,14-15H,13H2,1H3,(H,27,31)(H,32,33). The van der Waals surface area contributed by atoms with Crippen LogP contribution in [0.15, 0.2) is 72.8 Å². The molecule has 35 heavy (non-hydrogen) atoms. The molecule has 0 aliphatic carbocycles. The number of benzene rings is 3. The topological polar surface area (TPSA) is 95.4 Å². The SMILES string of the molecule is CC(NC(=O)c1ccccc1N(c1nsnc1Cc1ccccc1)S(=O)O)c1ccc(F)cc1F. The Morgan fingerprint density at radius 3 is 2.51 bits per heavy atom. The first-order chi connectivity index (χ1) is 16.8. The number of carbonyl (C=O) groups is 1. The van der Waals surface area contributed by atoms with Gasteiger partial charge in [0.05, 0.1) is 29.0 Å². The summed E-state index contributed by atoms with van der Waals surface area (Å²) in [5.74, 6) is -1.97. The first-order valence-corrected chi connectivity index (χ1v) is 12.3. The summed E-state index contributed by atoms with van der Waals surface area (Å²) in [6.07, 6.45) is 0.371. The number of hydrogen-bond donors (Lipinski definition) is 2. The summed E-state index contributed by atoms with van der Waals surface area (Å²) in [6.45, 7) is 1.56. The second-order valence-electron chi connectivity index (χ2n) is 7.60. The van der Waals surface area contributed by atoms with E-state index in [0.717, 1.165) is 33.7 Å². The Balaban J connectivity index is 1.66. The Hall–Kier alpha value is -3.54. The van der Waals surface area contributed by atoms with Crippen molar-refractivity contribution in [2.24, 2.45) is 0 Å². The minimum atomic E-state index is -2.58. The first-order valence-electron chi connectivity index (χ1n) is 10.5. The van der Waals surface area contributed by atoms with Crippen LogP contribution in [0.4, 0.5) is 20.3 Å². The van der Waals surface area contributed by atoms with Gasteiger partial charge in [-0.2, -0.15) is 8.75 Å².